The van der Waals surface area contributed by atoms with Crippen LogP contribution in [0, 0.1) is 39.4 Å². The van der Waals surface area contributed by atoms with Crippen molar-refractivity contribution in [1.82, 2.24) is 0 Å². The number of unbranched alkanes of at least 4 members (excludes halogenated alkanes) is 3. The summed E-state index contributed by atoms with van der Waals surface area (Å²) in [4.78, 5) is 4.42. The van der Waals surface area contributed by atoms with E-state index in [-0.39, 0.29) is 5.92 Å². The van der Waals surface area contributed by atoms with Crippen LogP contribution in [0.4, 0.5) is 0 Å². The van der Waals surface area contributed by atoms with Crippen molar-refractivity contribution in [3.8, 4) is 12.1 Å². The van der Waals surface area contributed by atoms with Crippen LogP contribution in [-0.2, 0) is 4.74 Å². The van der Waals surface area contributed by atoms with E-state index in [1.54, 1.807) is 0 Å². The van der Waals surface area contributed by atoms with E-state index < -0.39 is 15.9 Å². The second-order valence-electron chi connectivity index (χ2n) is 6.02. The normalized spacial score (nSPS) is 43.2. The van der Waals surface area contributed by atoms with Crippen LogP contribution in [0.1, 0.15) is 39.0 Å². The van der Waals surface area contributed by atoms with Crippen molar-refractivity contribution < 1.29 is 4.74 Å². The number of nitriles is 2. The number of thioether (sulfide) groups is 1. The van der Waals surface area contributed by atoms with Gasteiger partial charge in [0.2, 0.25) is 5.06 Å². The number of nitrogens with two attached hydrogens (primary N) is 1. The molecule has 4 atom stereocenters. The van der Waals surface area contributed by atoms with Gasteiger partial charge in [-0.2, -0.15) is 10.5 Å². The van der Waals surface area contributed by atoms with E-state index in [9.17, 15) is 10.5 Å². The highest BCUT2D eigenvalue weighted by molar-refractivity contribution is 8.00. The molecule has 0 aromatic heterocycles. The lowest BCUT2D eigenvalue weighted by Crippen LogP contribution is -2.34. The van der Waals surface area contributed by atoms with Crippen LogP contribution in [0.3, 0.4) is 0 Å². The Morgan fingerprint density at radius 1 is 1.38 bits per heavy atom. The molecule has 0 aromatic carbocycles. The van der Waals surface area contributed by atoms with Crippen LogP contribution in [0.2, 0.25) is 0 Å². The highest BCUT2D eigenvalue weighted by Gasteiger charge is 2.92. The molecule has 6 heteroatoms. The SMILES string of the molecule is CCCCCC[C@@H]1[C@@]2(C#N)[C@@]3(N=C(N)[C@@]12C#N)OCCS3. The van der Waals surface area contributed by atoms with Crippen LogP contribution in [-0.4, -0.2) is 23.3 Å². The summed E-state index contributed by atoms with van der Waals surface area (Å²) in [5.41, 5.74) is 4.28. The smallest absolute Gasteiger partial charge is 0.230 e. The van der Waals surface area contributed by atoms with Gasteiger partial charge in [0.1, 0.15) is 16.7 Å². The monoisotopic (exact) mass is 304 g/mol. The summed E-state index contributed by atoms with van der Waals surface area (Å²) in [6, 6.07) is 4.72. The van der Waals surface area contributed by atoms with Crippen LogP contribution in [0.15, 0.2) is 4.99 Å². The second-order valence-corrected chi connectivity index (χ2v) is 7.27. The molecule has 2 aliphatic heterocycles. The molecule has 5 nitrogen and oxygen atoms in total. The highest BCUT2D eigenvalue weighted by atomic mass is 32.2. The fourth-order valence-electron chi connectivity index (χ4n) is 4.10. The van der Waals surface area contributed by atoms with Crippen molar-refractivity contribution >= 4 is 17.6 Å². The maximum atomic E-state index is 9.86. The molecule has 0 bridgehead atoms. The Balaban J connectivity index is 1.88. The average Bonchev–Trinajstić information content (AvgIpc) is 2.74. The van der Waals surface area contributed by atoms with Crippen LogP contribution >= 0.6 is 11.8 Å². The number of rotatable bonds is 5. The third-order valence-electron chi connectivity index (χ3n) is 5.13. The van der Waals surface area contributed by atoms with Gasteiger partial charge in [-0.1, -0.05) is 44.4 Å². The fraction of sp³-hybridized carbons (Fsp3) is 0.800. The molecule has 1 saturated carbocycles. The zero-order valence-corrected chi connectivity index (χ0v) is 13.1. The molecule has 1 saturated heterocycles. The first-order chi connectivity index (χ1) is 10.1. The van der Waals surface area contributed by atoms with Crippen molar-refractivity contribution in [2.45, 2.75) is 44.1 Å². The summed E-state index contributed by atoms with van der Waals surface area (Å²) in [6.07, 6.45) is 5.37. The molecule has 112 valence electrons. The number of ether oxygens (including phenoxy) is 1. The number of hydrogen-bond acceptors (Lipinski definition) is 6. The first-order valence-electron chi connectivity index (χ1n) is 7.61. The van der Waals surface area contributed by atoms with E-state index in [0.29, 0.717) is 12.4 Å². The third-order valence-corrected chi connectivity index (χ3v) is 6.43. The van der Waals surface area contributed by atoms with Gasteiger partial charge in [-0.05, 0) is 6.42 Å². The minimum atomic E-state index is -0.934. The molecular formula is C15H20N4OS. The van der Waals surface area contributed by atoms with E-state index in [4.69, 9.17) is 10.5 Å². The maximum absolute atomic E-state index is 9.86. The zero-order valence-electron chi connectivity index (χ0n) is 12.3. The number of fused-ring (bicyclic) bond motifs is 2. The van der Waals surface area contributed by atoms with Gasteiger partial charge in [0.05, 0.1) is 18.7 Å². The van der Waals surface area contributed by atoms with Crippen molar-refractivity contribution in [1.29, 1.82) is 10.5 Å². The molecule has 3 aliphatic rings. The lowest BCUT2D eigenvalue weighted by atomic mass is 9.95. The Hall–Kier alpha value is -1.24. The number of aliphatic imine (C=N–C) groups is 1. The summed E-state index contributed by atoms with van der Waals surface area (Å²) in [5.74, 6) is 1.06. The van der Waals surface area contributed by atoms with Gasteiger partial charge in [-0.15, -0.1) is 0 Å². The first kappa shape index (κ1) is 14.7. The Kier molecular flexibility index (Phi) is 3.43. The van der Waals surface area contributed by atoms with Gasteiger partial charge in [0.15, 0.2) is 0 Å². The quantitative estimate of drug-likeness (QED) is 0.787. The van der Waals surface area contributed by atoms with E-state index in [1.165, 1.54) is 24.6 Å². The molecule has 2 heterocycles. The van der Waals surface area contributed by atoms with Gasteiger partial charge in [-0.25, -0.2) is 4.99 Å². The third kappa shape index (κ3) is 1.53. The van der Waals surface area contributed by atoms with E-state index >= 15 is 0 Å². The summed E-state index contributed by atoms with van der Waals surface area (Å²) >= 11 is 1.53. The van der Waals surface area contributed by atoms with Crippen molar-refractivity contribution in [2.24, 2.45) is 27.5 Å². The largest absolute Gasteiger partial charge is 0.386 e. The summed E-state index contributed by atoms with van der Waals surface area (Å²) in [6.45, 7) is 2.73. The van der Waals surface area contributed by atoms with Gasteiger partial charge in [0.25, 0.3) is 0 Å². The second kappa shape index (κ2) is 4.90. The van der Waals surface area contributed by atoms with Gasteiger partial charge in [-0.3, -0.25) is 0 Å². The highest BCUT2D eigenvalue weighted by Crippen LogP contribution is 2.81. The molecule has 0 amide bonds. The maximum Gasteiger partial charge on any atom is 0.230 e. The minimum absolute atomic E-state index is 0.0417. The molecule has 2 N–H and O–H groups in total. The van der Waals surface area contributed by atoms with Crippen LogP contribution in [0.5, 0.6) is 0 Å². The zero-order chi connectivity index (χ0) is 15.1. The Labute approximate surface area is 129 Å². The van der Waals surface area contributed by atoms with E-state index in [1.807, 2.05) is 0 Å². The predicted octanol–water partition coefficient (Wildman–Crippen LogP) is 2.39. The molecular weight excluding hydrogens is 284 g/mol. The fourth-order valence-corrected chi connectivity index (χ4v) is 5.45. The van der Waals surface area contributed by atoms with Gasteiger partial charge < -0.3 is 10.5 Å². The van der Waals surface area contributed by atoms with Crippen molar-refractivity contribution in [3.05, 3.63) is 0 Å². The minimum Gasteiger partial charge on any atom is -0.386 e. The van der Waals surface area contributed by atoms with Gasteiger partial charge in [0, 0.05) is 11.7 Å². The van der Waals surface area contributed by atoms with E-state index in [0.717, 1.165) is 25.0 Å². The lowest BCUT2D eigenvalue weighted by Gasteiger charge is -2.26. The summed E-state index contributed by atoms with van der Waals surface area (Å²) in [5, 5.41) is 18.6. The number of amidine groups is 1. The summed E-state index contributed by atoms with van der Waals surface area (Å²) < 4.78 is 5.83. The Morgan fingerprint density at radius 3 is 2.76 bits per heavy atom. The molecule has 21 heavy (non-hydrogen) atoms. The first-order valence-corrected chi connectivity index (χ1v) is 8.60. The molecule has 2 fully saturated rings. The van der Waals surface area contributed by atoms with Crippen molar-refractivity contribution in [3.63, 3.8) is 0 Å². The summed E-state index contributed by atoms with van der Waals surface area (Å²) in [7, 11) is 0. The van der Waals surface area contributed by atoms with Crippen molar-refractivity contribution in [2.75, 3.05) is 12.4 Å². The molecule has 0 aromatic rings. The van der Waals surface area contributed by atoms with E-state index in [2.05, 4.69) is 24.1 Å². The van der Waals surface area contributed by atoms with Crippen LogP contribution in [0.25, 0.3) is 0 Å². The Morgan fingerprint density at radius 2 is 2.19 bits per heavy atom. The van der Waals surface area contributed by atoms with Crippen LogP contribution < -0.4 is 5.73 Å². The molecule has 0 radical (unpaired) electrons. The topological polar surface area (TPSA) is 95.2 Å². The number of hydrogen-bond donors (Lipinski definition) is 1. The average molecular weight is 304 g/mol. The Bertz CT molecular complexity index is 557. The molecule has 0 unspecified atom stereocenters. The predicted molar refractivity (Wildman–Crippen MR) is 81.1 cm³/mol. The molecule has 1 spiro atoms. The molecule has 3 rings (SSSR count). The standard InChI is InChI=1S/C15H20N4OS/c1-2-3-4-5-6-11-13(9-16)12(18)19-15(14(11,13)10-17)20-7-8-21-15/h11H,2-8H2,1H3,(H2,18,19)/t11-,13+,14+,15+/m0/s1. The number of nitrogens with zero attached hydrogens (tertiary/aromatic N) is 3. The molecule has 1 aliphatic carbocycles. The van der Waals surface area contributed by atoms with Gasteiger partial charge >= 0.3 is 0 Å². The lowest BCUT2D eigenvalue weighted by molar-refractivity contribution is 0.0163.